The van der Waals surface area contributed by atoms with Gasteiger partial charge in [0.15, 0.2) is 0 Å². The zero-order chi connectivity index (χ0) is 25.2. The van der Waals surface area contributed by atoms with Gasteiger partial charge in [0.1, 0.15) is 0 Å². The van der Waals surface area contributed by atoms with Gasteiger partial charge >= 0.3 is 5.69 Å². The SMILES string of the molecule is CCn1c(=O)[nH]c2cc(C(=O)N(C)Cc3cn(-c4ccccc4)nc3-c3ccccc3)ccc2c1=O. The van der Waals surface area contributed by atoms with Crippen LogP contribution in [0.4, 0.5) is 0 Å². The van der Waals surface area contributed by atoms with Crippen molar-refractivity contribution >= 4 is 16.8 Å². The number of fused-ring (bicyclic) bond motifs is 1. The van der Waals surface area contributed by atoms with Crippen LogP contribution < -0.4 is 11.2 Å². The molecule has 0 aliphatic rings. The zero-order valence-electron chi connectivity index (χ0n) is 20.0. The molecular weight excluding hydrogens is 454 g/mol. The van der Waals surface area contributed by atoms with Gasteiger partial charge in [-0.25, -0.2) is 9.48 Å². The maximum Gasteiger partial charge on any atom is 0.328 e. The number of carbonyl (C=O) groups excluding carboxylic acids is 1. The van der Waals surface area contributed by atoms with E-state index in [4.69, 9.17) is 5.10 Å². The molecule has 36 heavy (non-hydrogen) atoms. The van der Waals surface area contributed by atoms with Gasteiger partial charge in [-0.05, 0) is 37.3 Å². The molecule has 2 aromatic heterocycles. The minimum Gasteiger partial charge on any atom is -0.337 e. The van der Waals surface area contributed by atoms with Crippen LogP contribution in [0.25, 0.3) is 27.8 Å². The van der Waals surface area contributed by atoms with Gasteiger partial charge in [-0.2, -0.15) is 5.10 Å². The third kappa shape index (κ3) is 4.24. The highest BCUT2D eigenvalue weighted by atomic mass is 16.2. The number of benzene rings is 3. The van der Waals surface area contributed by atoms with Crippen LogP contribution >= 0.6 is 0 Å². The van der Waals surface area contributed by atoms with Crippen LogP contribution in [0.3, 0.4) is 0 Å². The molecule has 0 atom stereocenters. The molecule has 0 unspecified atom stereocenters. The topological polar surface area (TPSA) is 93.0 Å². The molecule has 0 aliphatic heterocycles. The van der Waals surface area contributed by atoms with Gasteiger partial charge in [0.05, 0.1) is 22.3 Å². The van der Waals surface area contributed by atoms with E-state index in [0.717, 1.165) is 27.1 Å². The van der Waals surface area contributed by atoms with Crippen LogP contribution in [0, 0.1) is 0 Å². The Balaban J connectivity index is 1.49. The summed E-state index contributed by atoms with van der Waals surface area (Å²) in [5.74, 6) is -0.233. The Kier molecular flexibility index (Phi) is 6.08. The van der Waals surface area contributed by atoms with E-state index in [2.05, 4.69) is 4.98 Å². The van der Waals surface area contributed by atoms with Gasteiger partial charge in [-0.1, -0.05) is 48.5 Å². The molecular formula is C28H25N5O3. The smallest absolute Gasteiger partial charge is 0.328 e. The Bertz CT molecular complexity index is 1670. The van der Waals surface area contributed by atoms with Crippen molar-refractivity contribution in [2.24, 2.45) is 0 Å². The van der Waals surface area contributed by atoms with Crippen molar-refractivity contribution in [3.05, 3.63) is 117 Å². The number of hydrogen-bond donors (Lipinski definition) is 1. The number of amides is 1. The van der Waals surface area contributed by atoms with Crippen LogP contribution in [0.2, 0.25) is 0 Å². The number of para-hydroxylation sites is 1. The Morgan fingerprint density at radius 1 is 0.972 bits per heavy atom. The average Bonchev–Trinajstić information content (AvgIpc) is 3.33. The standard InChI is InChI=1S/C28H25N5O3/c1-3-32-27(35)23-15-14-20(16-24(23)29-28(32)36)26(34)31(2)17-21-18-33(22-12-8-5-9-13-22)30-25(21)19-10-6-4-7-11-19/h4-16,18H,3,17H2,1-2H3,(H,29,36). The summed E-state index contributed by atoms with van der Waals surface area (Å²) in [4.78, 5) is 42.4. The van der Waals surface area contributed by atoms with Crippen molar-refractivity contribution in [3.8, 4) is 16.9 Å². The number of H-pyrrole nitrogens is 1. The van der Waals surface area contributed by atoms with Crippen LogP contribution in [0.1, 0.15) is 22.8 Å². The molecule has 0 saturated carbocycles. The third-order valence-corrected chi connectivity index (χ3v) is 6.16. The van der Waals surface area contributed by atoms with Gasteiger partial charge in [0, 0.05) is 43.0 Å². The summed E-state index contributed by atoms with van der Waals surface area (Å²) in [6.45, 7) is 2.33. The van der Waals surface area contributed by atoms with E-state index in [9.17, 15) is 14.4 Å². The number of hydrogen-bond acceptors (Lipinski definition) is 4. The van der Waals surface area contributed by atoms with E-state index >= 15 is 0 Å². The van der Waals surface area contributed by atoms with Gasteiger partial charge in [-0.15, -0.1) is 0 Å². The fourth-order valence-corrected chi connectivity index (χ4v) is 4.30. The minimum atomic E-state index is -0.492. The predicted molar refractivity (Wildman–Crippen MR) is 139 cm³/mol. The third-order valence-electron chi connectivity index (χ3n) is 6.16. The lowest BCUT2D eigenvalue weighted by Gasteiger charge is -2.17. The Morgan fingerprint density at radius 3 is 2.36 bits per heavy atom. The van der Waals surface area contributed by atoms with Gasteiger partial charge in [0.25, 0.3) is 11.5 Å². The quantitative estimate of drug-likeness (QED) is 0.401. The monoisotopic (exact) mass is 479 g/mol. The van der Waals surface area contributed by atoms with Gasteiger partial charge < -0.3 is 9.88 Å². The normalized spacial score (nSPS) is 11.1. The van der Waals surface area contributed by atoms with Crippen molar-refractivity contribution in [2.75, 3.05) is 7.05 Å². The average molecular weight is 480 g/mol. The molecule has 3 aromatic carbocycles. The summed E-state index contributed by atoms with van der Waals surface area (Å²) >= 11 is 0. The van der Waals surface area contributed by atoms with E-state index in [1.54, 1.807) is 37.1 Å². The largest absolute Gasteiger partial charge is 0.337 e. The van der Waals surface area contributed by atoms with Gasteiger partial charge in [0.2, 0.25) is 0 Å². The molecule has 8 heteroatoms. The lowest BCUT2D eigenvalue weighted by molar-refractivity contribution is 0.0785. The lowest BCUT2D eigenvalue weighted by Crippen LogP contribution is -2.34. The molecule has 0 spiro atoms. The second-order valence-corrected chi connectivity index (χ2v) is 8.55. The number of nitrogens with zero attached hydrogens (tertiary/aromatic N) is 4. The molecule has 0 bridgehead atoms. The molecule has 8 nitrogen and oxygen atoms in total. The Hall–Kier alpha value is -4.72. The Morgan fingerprint density at radius 2 is 1.67 bits per heavy atom. The highest BCUT2D eigenvalue weighted by Gasteiger charge is 2.19. The first-order valence-corrected chi connectivity index (χ1v) is 11.7. The number of nitrogens with one attached hydrogen (secondary N) is 1. The molecule has 1 amide bonds. The van der Waals surface area contributed by atoms with Crippen LogP contribution in [-0.4, -0.2) is 37.2 Å². The zero-order valence-corrected chi connectivity index (χ0v) is 20.0. The molecule has 5 aromatic rings. The fourth-order valence-electron chi connectivity index (χ4n) is 4.30. The molecule has 5 rings (SSSR count). The maximum atomic E-state index is 13.3. The van der Waals surface area contributed by atoms with Crippen LogP contribution in [0.5, 0.6) is 0 Å². The second-order valence-electron chi connectivity index (χ2n) is 8.55. The summed E-state index contributed by atoms with van der Waals surface area (Å²) < 4.78 is 2.95. The van der Waals surface area contributed by atoms with E-state index in [1.807, 2.05) is 71.5 Å². The maximum absolute atomic E-state index is 13.3. The van der Waals surface area contributed by atoms with E-state index < -0.39 is 5.69 Å². The molecule has 0 saturated heterocycles. The number of aromatic amines is 1. The number of carbonyl (C=O) groups is 1. The van der Waals surface area contributed by atoms with Gasteiger partial charge in [-0.3, -0.25) is 14.2 Å². The predicted octanol–water partition coefficient (Wildman–Crippen LogP) is 3.83. The van der Waals surface area contributed by atoms with Crippen molar-refractivity contribution in [3.63, 3.8) is 0 Å². The first-order chi connectivity index (χ1) is 17.5. The summed E-state index contributed by atoms with van der Waals surface area (Å²) in [5, 5.41) is 5.18. The van der Waals surface area contributed by atoms with Crippen molar-refractivity contribution in [1.82, 2.24) is 24.2 Å². The van der Waals surface area contributed by atoms with Crippen molar-refractivity contribution < 1.29 is 4.79 Å². The highest BCUT2D eigenvalue weighted by molar-refractivity contribution is 5.97. The molecule has 0 fully saturated rings. The van der Waals surface area contributed by atoms with E-state index in [-0.39, 0.29) is 18.0 Å². The summed E-state index contributed by atoms with van der Waals surface area (Å²) in [6, 6.07) is 24.4. The molecule has 2 heterocycles. The van der Waals surface area contributed by atoms with Crippen LogP contribution in [-0.2, 0) is 13.1 Å². The highest BCUT2D eigenvalue weighted by Crippen LogP contribution is 2.25. The van der Waals surface area contributed by atoms with E-state index in [1.165, 1.54) is 0 Å². The minimum absolute atomic E-state index is 0.233. The summed E-state index contributed by atoms with van der Waals surface area (Å²) in [7, 11) is 1.72. The molecule has 180 valence electrons. The van der Waals surface area contributed by atoms with Crippen molar-refractivity contribution in [2.45, 2.75) is 20.0 Å². The Labute approximate surface area is 207 Å². The van der Waals surface area contributed by atoms with Crippen LogP contribution in [0.15, 0.2) is 94.6 Å². The fraction of sp³-hybridized carbons (Fsp3) is 0.143. The summed E-state index contributed by atoms with van der Waals surface area (Å²) in [6.07, 6.45) is 1.94. The first kappa shape index (κ1) is 23.0. The summed E-state index contributed by atoms with van der Waals surface area (Å²) in [5.41, 5.74) is 3.42. The molecule has 0 radical (unpaired) electrons. The first-order valence-electron chi connectivity index (χ1n) is 11.7. The molecule has 0 aliphatic carbocycles. The lowest BCUT2D eigenvalue weighted by atomic mass is 10.1. The number of aromatic nitrogens is 4. The van der Waals surface area contributed by atoms with Crippen molar-refractivity contribution in [1.29, 1.82) is 0 Å². The molecule has 1 N–H and O–H groups in total. The van der Waals surface area contributed by atoms with E-state index in [0.29, 0.717) is 23.0 Å². The second kappa shape index (κ2) is 9.50. The number of rotatable bonds is 6.